The summed E-state index contributed by atoms with van der Waals surface area (Å²) in [5.74, 6) is -0.977. The first kappa shape index (κ1) is 21.1. The molecular weight excluding hydrogens is 308 g/mol. The summed E-state index contributed by atoms with van der Waals surface area (Å²) >= 11 is 0. The average Bonchev–Trinajstić information content (AvgIpc) is 3.31. The molecule has 0 aromatic rings. The quantitative estimate of drug-likeness (QED) is 0.147. The largest absolute Gasteiger partial charge is 0.481 e. The predicted molar refractivity (Wildman–Crippen MR) is 93.9 cm³/mol. The van der Waals surface area contributed by atoms with E-state index in [0.717, 1.165) is 44.9 Å². The van der Waals surface area contributed by atoms with E-state index in [1.165, 1.54) is 19.3 Å². The Kier molecular flexibility index (Phi) is 11.0. The first-order chi connectivity index (χ1) is 11.6. The minimum atomic E-state index is -0.718. The zero-order valence-electron chi connectivity index (χ0n) is 15.2. The van der Waals surface area contributed by atoms with Gasteiger partial charge in [-0.2, -0.15) is 0 Å². The van der Waals surface area contributed by atoms with Crippen LogP contribution in [0.25, 0.3) is 0 Å². The second kappa shape index (κ2) is 12.5. The van der Waals surface area contributed by atoms with Gasteiger partial charge in [0.25, 0.3) is 0 Å². The van der Waals surface area contributed by atoms with Gasteiger partial charge in [0.2, 0.25) is 0 Å². The van der Waals surface area contributed by atoms with Crippen molar-refractivity contribution in [3.05, 3.63) is 12.2 Å². The molecule has 0 aromatic carbocycles. The second-order valence-corrected chi connectivity index (χ2v) is 6.89. The molecule has 1 aliphatic rings. The van der Waals surface area contributed by atoms with E-state index < -0.39 is 5.97 Å². The molecule has 0 aliphatic carbocycles. The smallest absolute Gasteiger partial charge is 0.306 e. The number of carbonyl (C=O) groups is 1. The van der Waals surface area contributed by atoms with E-state index in [1.54, 1.807) is 6.92 Å². The molecule has 5 nitrogen and oxygen atoms in total. The molecule has 4 atom stereocenters. The highest BCUT2D eigenvalue weighted by atomic mass is 17.1. The average molecular weight is 342 g/mol. The lowest BCUT2D eigenvalue weighted by molar-refractivity contribution is -0.267. The van der Waals surface area contributed by atoms with Crippen molar-refractivity contribution >= 4 is 5.97 Å². The van der Waals surface area contributed by atoms with E-state index >= 15 is 0 Å². The standard InChI is InChI=1S/C19H34O5/c1-3-4-7-12-17-18(23-17)14-13-16(24-22)11-9-6-5-8-10-15(2)19(20)21/h13-18,22H,3-12H2,1-2H3,(H,20,21). The SMILES string of the molecule is CCCCCC1OC1C=CC(CCCCCCC(C)C(=O)O)OO. The third kappa shape index (κ3) is 9.40. The Morgan fingerprint density at radius 2 is 1.88 bits per heavy atom. The van der Waals surface area contributed by atoms with Crippen molar-refractivity contribution in [3.63, 3.8) is 0 Å². The number of hydrogen-bond acceptors (Lipinski definition) is 4. The Morgan fingerprint density at radius 3 is 2.50 bits per heavy atom. The van der Waals surface area contributed by atoms with Gasteiger partial charge in [-0.25, -0.2) is 4.89 Å². The van der Waals surface area contributed by atoms with Gasteiger partial charge in [-0.15, -0.1) is 0 Å². The molecule has 1 aliphatic heterocycles. The molecular formula is C19H34O5. The van der Waals surface area contributed by atoms with Gasteiger partial charge in [0.1, 0.15) is 12.2 Å². The minimum Gasteiger partial charge on any atom is -0.481 e. The highest BCUT2D eigenvalue weighted by Crippen LogP contribution is 2.28. The van der Waals surface area contributed by atoms with Crippen LogP contribution >= 0.6 is 0 Å². The van der Waals surface area contributed by atoms with Crippen LogP contribution in [-0.4, -0.2) is 34.6 Å². The molecule has 0 amide bonds. The minimum absolute atomic E-state index is 0.192. The third-order valence-corrected chi connectivity index (χ3v) is 4.66. The molecule has 1 fully saturated rings. The summed E-state index contributed by atoms with van der Waals surface area (Å²) in [6.07, 6.45) is 14.4. The van der Waals surface area contributed by atoms with Gasteiger partial charge >= 0.3 is 5.97 Å². The Balaban J connectivity index is 2.04. The van der Waals surface area contributed by atoms with Gasteiger partial charge in [0.05, 0.1) is 12.0 Å². The Morgan fingerprint density at radius 1 is 1.17 bits per heavy atom. The molecule has 5 heteroatoms. The van der Waals surface area contributed by atoms with Crippen LogP contribution < -0.4 is 0 Å². The van der Waals surface area contributed by atoms with Gasteiger partial charge in [-0.05, 0) is 19.3 Å². The molecule has 24 heavy (non-hydrogen) atoms. The highest BCUT2D eigenvalue weighted by Gasteiger charge is 2.35. The molecule has 0 saturated carbocycles. The molecule has 0 radical (unpaired) electrons. The van der Waals surface area contributed by atoms with E-state index in [0.29, 0.717) is 6.10 Å². The summed E-state index contributed by atoms with van der Waals surface area (Å²) < 4.78 is 5.59. The molecule has 1 saturated heterocycles. The fraction of sp³-hybridized carbons (Fsp3) is 0.842. The highest BCUT2D eigenvalue weighted by molar-refractivity contribution is 5.69. The van der Waals surface area contributed by atoms with Gasteiger partial charge in [0.15, 0.2) is 0 Å². The summed E-state index contributed by atoms with van der Waals surface area (Å²) in [5.41, 5.74) is 0. The summed E-state index contributed by atoms with van der Waals surface area (Å²) in [6.45, 7) is 3.94. The van der Waals surface area contributed by atoms with Crippen LogP contribution in [0.1, 0.15) is 78.1 Å². The van der Waals surface area contributed by atoms with E-state index in [4.69, 9.17) is 15.1 Å². The van der Waals surface area contributed by atoms with Gasteiger partial charge in [0, 0.05) is 0 Å². The molecule has 1 heterocycles. The van der Waals surface area contributed by atoms with Crippen molar-refractivity contribution in [3.8, 4) is 0 Å². The number of carboxylic acids is 1. The van der Waals surface area contributed by atoms with E-state index in [1.807, 2.05) is 12.2 Å². The van der Waals surface area contributed by atoms with Gasteiger partial charge in [-0.3, -0.25) is 10.1 Å². The van der Waals surface area contributed by atoms with E-state index in [9.17, 15) is 4.79 Å². The van der Waals surface area contributed by atoms with Crippen molar-refractivity contribution in [2.45, 2.75) is 96.4 Å². The fourth-order valence-electron chi connectivity index (χ4n) is 2.84. The molecule has 1 rings (SSSR count). The molecule has 0 bridgehead atoms. The van der Waals surface area contributed by atoms with E-state index in [2.05, 4.69) is 11.8 Å². The fourth-order valence-corrected chi connectivity index (χ4v) is 2.84. The van der Waals surface area contributed by atoms with Crippen LogP contribution in [0.5, 0.6) is 0 Å². The van der Waals surface area contributed by atoms with Crippen LogP contribution in [0.15, 0.2) is 12.2 Å². The monoisotopic (exact) mass is 342 g/mol. The zero-order chi connectivity index (χ0) is 17.8. The van der Waals surface area contributed by atoms with Crippen molar-refractivity contribution in [1.82, 2.24) is 0 Å². The van der Waals surface area contributed by atoms with Crippen LogP contribution in [0.3, 0.4) is 0 Å². The summed E-state index contributed by atoms with van der Waals surface area (Å²) in [5, 5.41) is 17.8. The maximum atomic E-state index is 10.7. The summed E-state index contributed by atoms with van der Waals surface area (Å²) in [4.78, 5) is 15.2. The lowest BCUT2D eigenvalue weighted by Gasteiger charge is -2.09. The number of epoxide rings is 1. The topological polar surface area (TPSA) is 79.3 Å². The van der Waals surface area contributed by atoms with Gasteiger partial charge < -0.3 is 9.84 Å². The lowest BCUT2D eigenvalue weighted by atomic mass is 10.0. The van der Waals surface area contributed by atoms with Crippen molar-refractivity contribution in [1.29, 1.82) is 0 Å². The molecule has 0 spiro atoms. The maximum Gasteiger partial charge on any atom is 0.306 e. The predicted octanol–water partition coefficient (Wildman–Crippen LogP) is 4.81. The van der Waals surface area contributed by atoms with Crippen LogP contribution in [-0.2, 0) is 14.4 Å². The molecule has 0 aromatic heterocycles. The van der Waals surface area contributed by atoms with Crippen molar-refractivity contribution < 1.29 is 24.8 Å². The van der Waals surface area contributed by atoms with Crippen LogP contribution in [0.4, 0.5) is 0 Å². The Bertz CT molecular complexity index is 369. The third-order valence-electron chi connectivity index (χ3n) is 4.66. The summed E-state index contributed by atoms with van der Waals surface area (Å²) in [7, 11) is 0. The lowest BCUT2D eigenvalue weighted by Crippen LogP contribution is -2.09. The molecule has 4 unspecified atom stereocenters. The number of rotatable bonds is 15. The number of aliphatic carboxylic acids is 1. The maximum absolute atomic E-state index is 10.7. The molecule has 2 N–H and O–H groups in total. The molecule has 140 valence electrons. The Hall–Kier alpha value is -0.910. The van der Waals surface area contributed by atoms with Gasteiger partial charge in [-0.1, -0.05) is 70.9 Å². The van der Waals surface area contributed by atoms with Crippen molar-refractivity contribution in [2.75, 3.05) is 0 Å². The summed E-state index contributed by atoms with van der Waals surface area (Å²) in [6, 6.07) is 0. The van der Waals surface area contributed by atoms with E-state index in [-0.39, 0.29) is 18.1 Å². The number of carboxylic acid groups (broad SMARTS) is 1. The first-order valence-corrected chi connectivity index (χ1v) is 9.45. The Labute approximate surface area is 146 Å². The number of unbranched alkanes of at least 4 members (excludes halogenated alkanes) is 5. The first-order valence-electron chi connectivity index (χ1n) is 9.45. The van der Waals surface area contributed by atoms with Crippen LogP contribution in [0, 0.1) is 5.92 Å². The van der Waals surface area contributed by atoms with Crippen molar-refractivity contribution in [2.24, 2.45) is 5.92 Å². The number of hydrogen-bond donors (Lipinski definition) is 2. The zero-order valence-corrected chi connectivity index (χ0v) is 15.2. The second-order valence-electron chi connectivity index (χ2n) is 6.89. The van der Waals surface area contributed by atoms with Crippen LogP contribution in [0.2, 0.25) is 0 Å². The number of ether oxygens (including phenoxy) is 1. The normalized spacial score (nSPS) is 22.6.